The number of ether oxygens (including phenoxy) is 1. The Labute approximate surface area is 147 Å². The molecule has 0 atom stereocenters. The summed E-state index contributed by atoms with van der Waals surface area (Å²) < 4.78 is 5.49. The van der Waals surface area contributed by atoms with Crippen molar-refractivity contribution < 1.29 is 14.5 Å². The zero-order valence-corrected chi connectivity index (χ0v) is 13.6. The number of nitro groups is 1. The SMILES string of the molecule is O=C(COc1ccc([N+](=O)[O-])c2cccnc12)Nc1ccc(Cl)cc1. The fraction of sp³-hybridized carbons (Fsp3) is 0.0588. The van der Waals surface area contributed by atoms with Crippen LogP contribution in [0.25, 0.3) is 10.9 Å². The van der Waals surface area contributed by atoms with E-state index in [1.54, 1.807) is 36.4 Å². The van der Waals surface area contributed by atoms with Crippen LogP contribution in [0, 0.1) is 10.1 Å². The Morgan fingerprint density at radius 1 is 1.20 bits per heavy atom. The first-order valence-electron chi connectivity index (χ1n) is 7.25. The number of fused-ring (bicyclic) bond motifs is 1. The van der Waals surface area contributed by atoms with Crippen LogP contribution in [0.2, 0.25) is 5.02 Å². The van der Waals surface area contributed by atoms with Gasteiger partial charge in [0.1, 0.15) is 11.3 Å². The molecule has 0 saturated heterocycles. The molecule has 0 radical (unpaired) electrons. The summed E-state index contributed by atoms with van der Waals surface area (Å²) in [4.78, 5) is 26.7. The Balaban J connectivity index is 1.75. The van der Waals surface area contributed by atoms with Crippen LogP contribution in [-0.4, -0.2) is 22.4 Å². The van der Waals surface area contributed by atoms with Crippen LogP contribution in [0.4, 0.5) is 11.4 Å². The second kappa shape index (κ2) is 7.14. The first-order chi connectivity index (χ1) is 12.0. The predicted octanol–water partition coefficient (Wildman–Crippen LogP) is 3.81. The Morgan fingerprint density at radius 2 is 1.96 bits per heavy atom. The van der Waals surface area contributed by atoms with Gasteiger partial charge in [0, 0.05) is 23.0 Å². The highest BCUT2D eigenvalue weighted by atomic mass is 35.5. The molecule has 1 heterocycles. The topological polar surface area (TPSA) is 94.4 Å². The van der Waals surface area contributed by atoms with Crippen LogP contribution in [0.1, 0.15) is 0 Å². The minimum absolute atomic E-state index is 0.0685. The molecule has 0 spiro atoms. The molecule has 0 aliphatic heterocycles. The molecule has 25 heavy (non-hydrogen) atoms. The van der Waals surface area contributed by atoms with Gasteiger partial charge in [0.15, 0.2) is 6.61 Å². The van der Waals surface area contributed by atoms with Crippen molar-refractivity contribution in [3.8, 4) is 5.75 Å². The maximum Gasteiger partial charge on any atom is 0.279 e. The molecule has 0 aliphatic rings. The van der Waals surface area contributed by atoms with Crippen molar-refractivity contribution in [3.63, 3.8) is 0 Å². The third-order valence-corrected chi connectivity index (χ3v) is 3.65. The van der Waals surface area contributed by atoms with Gasteiger partial charge in [0.25, 0.3) is 11.6 Å². The van der Waals surface area contributed by atoms with Crippen molar-refractivity contribution in [1.29, 1.82) is 0 Å². The third kappa shape index (κ3) is 3.84. The summed E-state index contributed by atoms with van der Waals surface area (Å²) in [5.74, 6) is -0.0720. The van der Waals surface area contributed by atoms with E-state index in [4.69, 9.17) is 16.3 Å². The highest BCUT2D eigenvalue weighted by Gasteiger charge is 2.16. The molecule has 0 fully saturated rings. The number of pyridine rings is 1. The standard InChI is InChI=1S/C17H12ClN3O4/c18-11-3-5-12(6-4-11)20-16(22)10-25-15-8-7-14(21(23)24)13-2-1-9-19-17(13)15/h1-9H,10H2,(H,20,22). The van der Waals surface area contributed by atoms with Gasteiger partial charge >= 0.3 is 0 Å². The van der Waals surface area contributed by atoms with Crippen LogP contribution in [0.5, 0.6) is 5.75 Å². The van der Waals surface area contributed by atoms with Crippen molar-refractivity contribution in [2.24, 2.45) is 0 Å². The number of carbonyl (C=O) groups excluding carboxylic acids is 1. The van der Waals surface area contributed by atoms with Gasteiger partial charge in [-0.05, 0) is 42.5 Å². The Hall–Kier alpha value is -3.19. The van der Waals surface area contributed by atoms with Crippen molar-refractivity contribution in [2.75, 3.05) is 11.9 Å². The molecule has 7 nitrogen and oxygen atoms in total. The smallest absolute Gasteiger partial charge is 0.279 e. The summed E-state index contributed by atoms with van der Waals surface area (Å²) in [5, 5.41) is 14.7. The van der Waals surface area contributed by atoms with Gasteiger partial charge in [-0.3, -0.25) is 19.9 Å². The maximum absolute atomic E-state index is 12.0. The maximum atomic E-state index is 12.0. The highest BCUT2D eigenvalue weighted by molar-refractivity contribution is 6.30. The fourth-order valence-corrected chi connectivity index (χ4v) is 2.41. The summed E-state index contributed by atoms with van der Waals surface area (Å²) in [5.41, 5.74) is 0.849. The quantitative estimate of drug-likeness (QED) is 0.553. The Morgan fingerprint density at radius 3 is 2.68 bits per heavy atom. The van der Waals surface area contributed by atoms with Crippen LogP contribution in [-0.2, 0) is 4.79 Å². The molecule has 2 aromatic carbocycles. The Kier molecular flexibility index (Phi) is 4.76. The number of rotatable bonds is 5. The van der Waals surface area contributed by atoms with E-state index in [9.17, 15) is 14.9 Å². The monoisotopic (exact) mass is 357 g/mol. The molecule has 1 amide bonds. The van der Waals surface area contributed by atoms with Crippen LogP contribution in [0.15, 0.2) is 54.7 Å². The van der Waals surface area contributed by atoms with Crippen molar-refractivity contribution in [1.82, 2.24) is 4.98 Å². The third-order valence-electron chi connectivity index (χ3n) is 3.39. The lowest BCUT2D eigenvalue weighted by molar-refractivity contribution is -0.383. The average Bonchev–Trinajstić information content (AvgIpc) is 2.61. The van der Waals surface area contributed by atoms with Gasteiger partial charge in [-0.15, -0.1) is 0 Å². The second-order valence-corrected chi connectivity index (χ2v) is 5.52. The minimum Gasteiger partial charge on any atom is -0.481 e. The molecule has 1 N–H and O–H groups in total. The molecule has 0 bridgehead atoms. The number of anilines is 1. The highest BCUT2D eigenvalue weighted by Crippen LogP contribution is 2.31. The summed E-state index contributed by atoms with van der Waals surface area (Å²) >= 11 is 5.79. The van der Waals surface area contributed by atoms with Gasteiger partial charge in [0.05, 0.1) is 10.3 Å². The van der Waals surface area contributed by atoms with E-state index in [-0.39, 0.29) is 18.2 Å². The molecule has 3 rings (SSSR count). The zero-order valence-electron chi connectivity index (χ0n) is 12.8. The fourth-order valence-electron chi connectivity index (χ4n) is 2.28. The first kappa shape index (κ1) is 16.7. The number of benzene rings is 2. The number of amides is 1. The number of aromatic nitrogens is 1. The lowest BCUT2D eigenvalue weighted by Crippen LogP contribution is -2.20. The average molecular weight is 358 g/mol. The largest absolute Gasteiger partial charge is 0.481 e. The number of hydrogen-bond donors (Lipinski definition) is 1. The van der Waals surface area contributed by atoms with Crippen LogP contribution >= 0.6 is 11.6 Å². The number of nitrogens with one attached hydrogen (secondary N) is 1. The van der Waals surface area contributed by atoms with Crippen molar-refractivity contribution in [3.05, 3.63) is 69.9 Å². The Bertz CT molecular complexity index is 944. The van der Waals surface area contributed by atoms with Crippen molar-refractivity contribution >= 4 is 39.8 Å². The van der Waals surface area contributed by atoms with Gasteiger partial charge in [-0.25, -0.2) is 0 Å². The van der Waals surface area contributed by atoms with E-state index in [1.807, 2.05) is 0 Å². The minimum atomic E-state index is -0.485. The number of nitrogens with zero attached hydrogens (tertiary/aromatic N) is 2. The second-order valence-electron chi connectivity index (χ2n) is 5.08. The lowest BCUT2D eigenvalue weighted by Gasteiger charge is -2.09. The lowest BCUT2D eigenvalue weighted by atomic mass is 10.1. The van der Waals surface area contributed by atoms with E-state index in [0.29, 0.717) is 27.4 Å². The molecule has 0 saturated carbocycles. The number of non-ortho nitro benzene ring substituents is 1. The van der Waals surface area contributed by atoms with Crippen molar-refractivity contribution in [2.45, 2.75) is 0 Å². The molecule has 1 aromatic heterocycles. The predicted molar refractivity (Wildman–Crippen MR) is 94.0 cm³/mol. The molecule has 126 valence electrons. The van der Waals surface area contributed by atoms with E-state index < -0.39 is 4.92 Å². The van der Waals surface area contributed by atoms with Gasteiger partial charge in [-0.1, -0.05) is 11.6 Å². The zero-order chi connectivity index (χ0) is 17.8. The molecule has 3 aromatic rings. The molecule has 0 unspecified atom stereocenters. The summed E-state index contributed by atoms with van der Waals surface area (Å²) in [6.45, 7) is -0.258. The summed E-state index contributed by atoms with van der Waals surface area (Å²) in [7, 11) is 0. The molecule has 8 heteroatoms. The van der Waals surface area contributed by atoms with E-state index >= 15 is 0 Å². The number of halogens is 1. The van der Waals surface area contributed by atoms with E-state index in [2.05, 4.69) is 10.3 Å². The number of nitro benzene ring substituents is 1. The van der Waals surface area contributed by atoms with Gasteiger partial charge in [0.2, 0.25) is 0 Å². The van der Waals surface area contributed by atoms with E-state index in [0.717, 1.165) is 0 Å². The van der Waals surface area contributed by atoms with Gasteiger partial charge in [-0.2, -0.15) is 0 Å². The molecular weight excluding hydrogens is 346 g/mol. The van der Waals surface area contributed by atoms with Gasteiger partial charge < -0.3 is 10.1 Å². The molecule has 0 aliphatic carbocycles. The summed E-state index contributed by atoms with van der Waals surface area (Å²) in [6, 6.07) is 12.6. The van der Waals surface area contributed by atoms with E-state index in [1.165, 1.54) is 18.3 Å². The summed E-state index contributed by atoms with van der Waals surface area (Å²) in [6.07, 6.45) is 1.51. The first-order valence-corrected chi connectivity index (χ1v) is 7.63. The van der Waals surface area contributed by atoms with Crippen LogP contribution < -0.4 is 10.1 Å². The molecular formula is C17H12ClN3O4. The normalized spacial score (nSPS) is 10.4. The number of hydrogen-bond acceptors (Lipinski definition) is 5. The number of carbonyl (C=O) groups is 1. The van der Waals surface area contributed by atoms with Crippen LogP contribution in [0.3, 0.4) is 0 Å².